The lowest BCUT2D eigenvalue weighted by molar-refractivity contribution is -0.131. The first-order valence-electron chi connectivity index (χ1n) is 4.85. The second-order valence-corrected chi connectivity index (χ2v) is 3.36. The molecule has 0 aliphatic rings. The number of nitrogens with one attached hydrogen (secondary N) is 1. The molecule has 0 spiro atoms. The Morgan fingerprint density at radius 3 is 2.71 bits per heavy atom. The van der Waals surface area contributed by atoms with Crippen molar-refractivity contribution in [2.45, 2.75) is 32.8 Å². The highest BCUT2D eigenvalue weighted by molar-refractivity contribution is 5.80. The quantitative estimate of drug-likeness (QED) is 0.420. The van der Waals surface area contributed by atoms with E-state index in [1.165, 1.54) is 6.08 Å². The van der Waals surface area contributed by atoms with Crippen molar-refractivity contribution in [1.82, 2.24) is 5.32 Å². The van der Waals surface area contributed by atoms with E-state index < -0.39 is 5.97 Å². The average Bonchev–Trinajstić information content (AvgIpc) is 2.10. The Morgan fingerprint density at radius 2 is 2.21 bits per heavy atom. The van der Waals surface area contributed by atoms with Gasteiger partial charge < -0.3 is 15.5 Å². The lowest BCUT2D eigenvalue weighted by Gasteiger charge is -2.08. The van der Waals surface area contributed by atoms with E-state index >= 15 is 0 Å². The van der Waals surface area contributed by atoms with E-state index in [9.17, 15) is 9.90 Å². The number of carbonyl (C=O) groups is 1. The van der Waals surface area contributed by atoms with Crippen molar-refractivity contribution in [1.29, 1.82) is 0 Å². The first-order valence-corrected chi connectivity index (χ1v) is 4.85. The number of aliphatic carboxylic acids is 1. The molecule has 0 fully saturated rings. The van der Waals surface area contributed by atoms with Crippen LogP contribution < -0.4 is 5.32 Å². The van der Waals surface area contributed by atoms with Gasteiger partial charge in [0.25, 0.3) is 0 Å². The Balaban J connectivity index is 3.50. The zero-order valence-corrected chi connectivity index (χ0v) is 8.79. The Morgan fingerprint density at radius 1 is 1.57 bits per heavy atom. The van der Waals surface area contributed by atoms with Crippen molar-refractivity contribution in [3.8, 4) is 0 Å². The minimum absolute atomic E-state index is 0.258. The second-order valence-electron chi connectivity index (χ2n) is 3.36. The van der Waals surface area contributed by atoms with E-state index in [4.69, 9.17) is 5.11 Å². The summed E-state index contributed by atoms with van der Waals surface area (Å²) in [5, 5.41) is 20.7. The number of carboxylic acid groups (broad SMARTS) is 1. The van der Waals surface area contributed by atoms with Gasteiger partial charge in [-0.2, -0.15) is 0 Å². The molecule has 0 aromatic carbocycles. The minimum Gasteiger partial charge on any atom is -0.478 e. The maximum absolute atomic E-state index is 10.3. The molecule has 0 heterocycles. The van der Waals surface area contributed by atoms with Gasteiger partial charge in [-0.15, -0.1) is 0 Å². The van der Waals surface area contributed by atoms with Gasteiger partial charge in [-0.25, -0.2) is 4.79 Å². The summed E-state index contributed by atoms with van der Waals surface area (Å²) in [4.78, 5) is 10.3. The number of carboxylic acids is 1. The summed E-state index contributed by atoms with van der Waals surface area (Å²) in [6.45, 7) is 4.96. The summed E-state index contributed by atoms with van der Waals surface area (Å²) < 4.78 is 0. The molecule has 82 valence electrons. The van der Waals surface area contributed by atoms with E-state index in [0.717, 1.165) is 12.0 Å². The molecule has 14 heavy (non-hydrogen) atoms. The number of aliphatic hydroxyl groups is 1. The fourth-order valence-electron chi connectivity index (χ4n) is 1.02. The number of hydrogen-bond donors (Lipinski definition) is 3. The van der Waals surface area contributed by atoms with Gasteiger partial charge in [0.2, 0.25) is 0 Å². The van der Waals surface area contributed by atoms with Crippen molar-refractivity contribution in [2.24, 2.45) is 0 Å². The molecule has 0 aliphatic heterocycles. The van der Waals surface area contributed by atoms with Crippen LogP contribution in [0, 0.1) is 0 Å². The maximum atomic E-state index is 10.3. The molecule has 1 unspecified atom stereocenters. The minimum atomic E-state index is -0.919. The topological polar surface area (TPSA) is 69.6 Å². The Bertz CT molecular complexity index is 202. The molecule has 0 rings (SSSR count). The molecule has 0 saturated heterocycles. The number of rotatable bonds is 7. The van der Waals surface area contributed by atoms with Gasteiger partial charge in [-0.1, -0.05) is 12.5 Å². The van der Waals surface area contributed by atoms with E-state index in [1.807, 2.05) is 6.92 Å². The van der Waals surface area contributed by atoms with Crippen LogP contribution in [0.15, 0.2) is 11.6 Å². The SMILES string of the molecule is CCC(O)CCNCC(C)=CC(=O)O. The molecule has 0 aromatic heterocycles. The van der Waals surface area contributed by atoms with Crippen LogP contribution in [0.2, 0.25) is 0 Å². The fourth-order valence-corrected chi connectivity index (χ4v) is 1.02. The van der Waals surface area contributed by atoms with Gasteiger partial charge in [0.05, 0.1) is 6.10 Å². The van der Waals surface area contributed by atoms with Crippen LogP contribution in [-0.2, 0) is 4.79 Å². The van der Waals surface area contributed by atoms with E-state index in [-0.39, 0.29) is 6.10 Å². The highest BCUT2D eigenvalue weighted by Crippen LogP contribution is 1.95. The molecule has 4 nitrogen and oxygen atoms in total. The van der Waals surface area contributed by atoms with Crippen LogP contribution in [0.5, 0.6) is 0 Å². The highest BCUT2D eigenvalue weighted by Gasteiger charge is 1.99. The molecular weight excluding hydrogens is 182 g/mol. The molecule has 0 saturated carbocycles. The lowest BCUT2D eigenvalue weighted by Crippen LogP contribution is -2.22. The van der Waals surface area contributed by atoms with Gasteiger partial charge in [-0.05, 0) is 26.3 Å². The largest absolute Gasteiger partial charge is 0.478 e. The van der Waals surface area contributed by atoms with Gasteiger partial charge in [0.1, 0.15) is 0 Å². The van der Waals surface area contributed by atoms with Crippen LogP contribution in [0.3, 0.4) is 0 Å². The summed E-state index contributed by atoms with van der Waals surface area (Å²) >= 11 is 0. The normalized spacial score (nSPS) is 14.1. The molecule has 0 radical (unpaired) electrons. The molecule has 4 heteroatoms. The summed E-state index contributed by atoms with van der Waals surface area (Å²) in [6.07, 6.45) is 2.39. The summed E-state index contributed by atoms with van der Waals surface area (Å²) in [5.74, 6) is -0.919. The van der Waals surface area contributed by atoms with Crippen molar-refractivity contribution in [2.75, 3.05) is 13.1 Å². The molecule has 1 atom stereocenters. The summed E-state index contributed by atoms with van der Waals surface area (Å²) in [6, 6.07) is 0. The number of hydrogen-bond acceptors (Lipinski definition) is 3. The van der Waals surface area contributed by atoms with Crippen molar-refractivity contribution in [3.05, 3.63) is 11.6 Å². The van der Waals surface area contributed by atoms with E-state index in [1.54, 1.807) is 6.92 Å². The van der Waals surface area contributed by atoms with E-state index in [0.29, 0.717) is 19.5 Å². The highest BCUT2D eigenvalue weighted by atomic mass is 16.4. The predicted molar refractivity (Wildman–Crippen MR) is 55.2 cm³/mol. The monoisotopic (exact) mass is 201 g/mol. The van der Waals surface area contributed by atoms with Crippen molar-refractivity contribution in [3.63, 3.8) is 0 Å². The third-order valence-corrected chi connectivity index (χ3v) is 1.90. The average molecular weight is 201 g/mol. The Labute approximate surface area is 84.6 Å². The lowest BCUT2D eigenvalue weighted by atomic mass is 10.2. The van der Waals surface area contributed by atoms with Gasteiger partial charge in [0, 0.05) is 12.6 Å². The molecule has 0 aliphatic carbocycles. The van der Waals surface area contributed by atoms with Gasteiger partial charge in [0.15, 0.2) is 0 Å². The summed E-state index contributed by atoms with van der Waals surface area (Å²) in [5.41, 5.74) is 0.781. The van der Waals surface area contributed by atoms with Crippen LogP contribution in [-0.4, -0.2) is 35.4 Å². The third kappa shape index (κ3) is 7.76. The van der Waals surface area contributed by atoms with Crippen molar-refractivity contribution < 1.29 is 15.0 Å². The molecule has 3 N–H and O–H groups in total. The van der Waals surface area contributed by atoms with Gasteiger partial charge in [-0.3, -0.25) is 0 Å². The molecule has 0 amide bonds. The van der Waals surface area contributed by atoms with E-state index in [2.05, 4.69) is 5.32 Å². The zero-order chi connectivity index (χ0) is 11.0. The second kappa shape index (κ2) is 7.53. The first kappa shape index (κ1) is 13.1. The third-order valence-electron chi connectivity index (χ3n) is 1.90. The van der Waals surface area contributed by atoms with Crippen LogP contribution in [0.25, 0.3) is 0 Å². The maximum Gasteiger partial charge on any atom is 0.328 e. The predicted octanol–water partition coefficient (Wildman–Crippen LogP) is 0.768. The zero-order valence-electron chi connectivity index (χ0n) is 8.79. The van der Waals surface area contributed by atoms with Crippen LogP contribution >= 0.6 is 0 Å². The van der Waals surface area contributed by atoms with Crippen molar-refractivity contribution >= 4 is 5.97 Å². The Hall–Kier alpha value is -0.870. The van der Waals surface area contributed by atoms with Gasteiger partial charge >= 0.3 is 5.97 Å². The molecule has 0 bridgehead atoms. The molecular formula is C10H19NO3. The number of aliphatic hydroxyl groups excluding tert-OH is 1. The Kier molecular flexibility index (Phi) is 7.06. The molecule has 0 aromatic rings. The van der Waals surface area contributed by atoms with Crippen LogP contribution in [0.1, 0.15) is 26.7 Å². The fraction of sp³-hybridized carbons (Fsp3) is 0.700. The van der Waals surface area contributed by atoms with Crippen LogP contribution in [0.4, 0.5) is 0 Å². The first-order chi connectivity index (χ1) is 6.56. The summed E-state index contributed by atoms with van der Waals surface area (Å²) in [7, 11) is 0. The standard InChI is InChI=1S/C10H19NO3/c1-3-9(12)4-5-11-7-8(2)6-10(13)14/h6,9,11-12H,3-5,7H2,1-2H3,(H,13,14). The smallest absolute Gasteiger partial charge is 0.328 e.